The van der Waals surface area contributed by atoms with Gasteiger partial charge in [-0.15, -0.1) is 0 Å². The smallest absolute Gasteiger partial charge is 0.214 e. The van der Waals surface area contributed by atoms with Gasteiger partial charge < -0.3 is 5.84 Å². The second-order valence-electron chi connectivity index (χ2n) is 4.30. The Bertz CT molecular complexity index is 589. The first kappa shape index (κ1) is 11.4. The molecule has 94 valence electrons. The molecule has 1 fully saturated rings. The molecule has 2 atom stereocenters. The molecule has 0 amide bonds. The Kier molecular flexibility index (Phi) is 2.86. The lowest BCUT2D eigenvalue weighted by Gasteiger charge is -2.08. The highest BCUT2D eigenvalue weighted by atomic mass is 32.1. The third kappa shape index (κ3) is 1.92. The fraction of sp³-hybridized carbons (Fsp3) is 0.273. The molecule has 0 spiro atoms. The molecule has 0 saturated carbocycles. The van der Waals surface area contributed by atoms with E-state index in [9.17, 15) is 0 Å². The van der Waals surface area contributed by atoms with Crippen molar-refractivity contribution in [2.45, 2.75) is 18.5 Å². The summed E-state index contributed by atoms with van der Waals surface area (Å²) in [7, 11) is 0. The Morgan fingerprint density at radius 3 is 2.61 bits per heavy atom. The Balaban J connectivity index is 1.80. The molecule has 2 heterocycles. The van der Waals surface area contributed by atoms with Gasteiger partial charge in [-0.05, 0) is 24.2 Å². The third-order valence-electron chi connectivity index (χ3n) is 3.15. The second-order valence-corrected chi connectivity index (χ2v) is 4.68. The van der Waals surface area contributed by atoms with Crippen LogP contribution in [-0.4, -0.2) is 14.9 Å². The SMILES string of the molecule is Nn1c(C2CC(c3ccccc3)NN2)n[nH]c1=S. The standard InChI is InChI=1S/C11H14N6S/c12-17-10(15-16-11(17)18)9-6-8(13-14-9)7-4-2-1-3-5-7/h1-5,8-9,13-14H,6,12H2,(H,16,18). The molecule has 0 aliphatic carbocycles. The van der Waals surface area contributed by atoms with Crippen molar-refractivity contribution in [3.63, 3.8) is 0 Å². The van der Waals surface area contributed by atoms with Crippen LogP contribution in [-0.2, 0) is 0 Å². The highest BCUT2D eigenvalue weighted by Gasteiger charge is 2.29. The summed E-state index contributed by atoms with van der Waals surface area (Å²) in [6.07, 6.45) is 0.876. The summed E-state index contributed by atoms with van der Waals surface area (Å²) in [4.78, 5) is 0. The van der Waals surface area contributed by atoms with E-state index in [4.69, 9.17) is 18.1 Å². The summed E-state index contributed by atoms with van der Waals surface area (Å²) in [5.41, 5.74) is 7.69. The minimum absolute atomic E-state index is 0.0492. The number of hydrogen-bond donors (Lipinski definition) is 4. The van der Waals surface area contributed by atoms with Gasteiger partial charge in [-0.2, -0.15) is 5.10 Å². The average molecular weight is 262 g/mol. The molecule has 1 aromatic carbocycles. The lowest BCUT2D eigenvalue weighted by Crippen LogP contribution is -2.29. The molecule has 7 heteroatoms. The van der Waals surface area contributed by atoms with Crippen LogP contribution in [0.1, 0.15) is 29.9 Å². The number of hydrazine groups is 1. The van der Waals surface area contributed by atoms with Crippen molar-refractivity contribution in [2.24, 2.45) is 0 Å². The van der Waals surface area contributed by atoms with Gasteiger partial charge in [0.2, 0.25) is 4.77 Å². The van der Waals surface area contributed by atoms with E-state index >= 15 is 0 Å². The number of hydrogen-bond acceptors (Lipinski definition) is 5. The number of aromatic amines is 1. The van der Waals surface area contributed by atoms with Crippen LogP contribution in [0.2, 0.25) is 0 Å². The van der Waals surface area contributed by atoms with Gasteiger partial charge in [0.05, 0.1) is 6.04 Å². The average Bonchev–Trinajstić information content (AvgIpc) is 3.00. The molecule has 1 aromatic heterocycles. The van der Waals surface area contributed by atoms with Gasteiger partial charge in [-0.25, -0.2) is 15.5 Å². The molecular formula is C11H14N6S. The minimum Gasteiger partial charge on any atom is -0.335 e. The summed E-state index contributed by atoms with van der Waals surface area (Å²) in [5, 5.41) is 6.84. The van der Waals surface area contributed by atoms with Crippen molar-refractivity contribution >= 4 is 12.2 Å². The topological polar surface area (TPSA) is 83.7 Å². The fourth-order valence-corrected chi connectivity index (χ4v) is 2.33. The normalized spacial score (nSPS) is 23.3. The van der Waals surface area contributed by atoms with Crippen LogP contribution in [0.4, 0.5) is 0 Å². The number of nitrogen functional groups attached to an aromatic ring is 1. The van der Waals surface area contributed by atoms with Crippen LogP contribution >= 0.6 is 12.2 Å². The van der Waals surface area contributed by atoms with E-state index in [1.54, 1.807) is 0 Å². The maximum atomic E-state index is 5.82. The molecule has 18 heavy (non-hydrogen) atoms. The Morgan fingerprint density at radius 1 is 1.22 bits per heavy atom. The van der Waals surface area contributed by atoms with E-state index in [-0.39, 0.29) is 12.1 Å². The summed E-state index contributed by atoms with van der Waals surface area (Å²) < 4.78 is 1.83. The van der Waals surface area contributed by atoms with Gasteiger partial charge in [0.15, 0.2) is 5.82 Å². The lowest BCUT2D eigenvalue weighted by atomic mass is 10.0. The Hall–Kier alpha value is -1.70. The highest BCUT2D eigenvalue weighted by molar-refractivity contribution is 7.71. The number of aromatic nitrogens is 3. The number of nitrogens with two attached hydrogens (primary N) is 1. The monoisotopic (exact) mass is 262 g/mol. The van der Waals surface area contributed by atoms with Crippen molar-refractivity contribution in [2.75, 3.05) is 5.84 Å². The first-order valence-electron chi connectivity index (χ1n) is 5.74. The van der Waals surface area contributed by atoms with Gasteiger partial charge >= 0.3 is 0 Å². The maximum Gasteiger partial charge on any atom is 0.214 e. The zero-order valence-corrected chi connectivity index (χ0v) is 10.4. The van der Waals surface area contributed by atoms with Crippen molar-refractivity contribution in [1.82, 2.24) is 25.7 Å². The fourth-order valence-electron chi connectivity index (χ4n) is 2.19. The first-order valence-corrected chi connectivity index (χ1v) is 6.15. The van der Waals surface area contributed by atoms with Gasteiger partial charge in [-0.1, -0.05) is 30.3 Å². The van der Waals surface area contributed by atoms with E-state index in [2.05, 4.69) is 33.2 Å². The van der Waals surface area contributed by atoms with Crippen LogP contribution in [0.25, 0.3) is 0 Å². The van der Waals surface area contributed by atoms with E-state index in [1.165, 1.54) is 10.2 Å². The second kappa shape index (κ2) is 4.52. The van der Waals surface area contributed by atoms with Crippen LogP contribution < -0.4 is 16.7 Å². The van der Waals surface area contributed by atoms with Crippen LogP contribution in [0.3, 0.4) is 0 Å². The number of nitrogens with one attached hydrogen (secondary N) is 3. The zero-order valence-electron chi connectivity index (χ0n) is 9.63. The molecule has 6 nitrogen and oxygen atoms in total. The predicted molar refractivity (Wildman–Crippen MR) is 70.4 cm³/mol. The molecular weight excluding hydrogens is 248 g/mol. The van der Waals surface area contributed by atoms with Crippen molar-refractivity contribution in [3.05, 3.63) is 46.5 Å². The van der Waals surface area contributed by atoms with Gasteiger partial charge in [0.25, 0.3) is 0 Å². The number of benzene rings is 1. The van der Waals surface area contributed by atoms with E-state index in [1.807, 2.05) is 18.2 Å². The van der Waals surface area contributed by atoms with Crippen molar-refractivity contribution in [3.8, 4) is 0 Å². The van der Waals surface area contributed by atoms with Crippen molar-refractivity contribution in [1.29, 1.82) is 0 Å². The number of H-pyrrole nitrogens is 1. The Morgan fingerprint density at radius 2 is 1.94 bits per heavy atom. The molecule has 5 N–H and O–H groups in total. The number of rotatable bonds is 2. The molecule has 2 aromatic rings. The van der Waals surface area contributed by atoms with Crippen molar-refractivity contribution < 1.29 is 0 Å². The molecule has 2 unspecified atom stereocenters. The molecule has 0 bridgehead atoms. The van der Waals surface area contributed by atoms with E-state index in [0.29, 0.717) is 10.6 Å². The minimum atomic E-state index is 0.0492. The van der Waals surface area contributed by atoms with E-state index < -0.39 is 0 Å². The van der Waals surface area contributed by atoms with E-state index in [0.717, 1.165) is 6.42 Å². The molecule has 1 saturated heterocycles. The third-order valence-corrected chi connectivity index (χ3v) is 3.44. The Labute approximate surface area is 109 Å². The molecule has 1 aliphatic heterocycles. The summed E-state index contributed by atoms with van der Waals surface area (Å²) in [6.45, 7) is 0. The van der Waals surface area contributed by atoms with Crippen LogP contribution in [0.15, 0.2) is 30.3 Å². The maximum absolute atomic E-state index is 5.82. The van der Waals surface area contributed by atoms with Gasteiger partial charge in [0.1, 0.15) is 0 Å². The van der Waals surface area contributed by atoms with Crippen LogP contribution in [0, 0.1) is 4.77 Å². The molecule has 1 aliphatic rings. The first-order chi connectivity index (χ1) is 8.75. The molecule has 0 radical (unpaired) electrons. The zero-order chi connectivity index (χ0) is 12.5. The number of nitrogens with zero attached hydrogens (tertiary/aromatic N) is 2. The van der Waals surface area contributed by atoms with Gasteiger partial charge in [0, 0.05) is 6.04 Å². The van der Waals surface area contributed by atoms with Crippen LogP contribution in [0.5, 0.6) is 0 Å². The summed E-state index contributed by atoms with van der Waals surface area (Å²) in [6, 6.07) is 10.6. The predicted octanol–water partition coefficient (Wildman–Crippen LogP) is 0.935. The quantitative estimate of drug-likeness (QED) is 0.478. The summed E-state index contributed by atoms with van der Waals surface area (Å²) >= 11 is 5.00. The molecule has 3 rings (SSSR count). The lowest BCUT2D eigenvalue weighted by molar-refractivity contribution is 0.532. The largest absolute Gasteiger partial charge is 0.335 e. The summed E-state index contributed by atoms with van der Waals surface area (Å²) in [5.74, 6) is 6.53. The highest BCUT2D eigenvalue weighted by Crippen LogP contribution is 2.29. The van der Waals surface area contributed by atoms with Gasteiger partial charge in [-0.3, -0.25) is 5.10 Å².